The molecule has 0 fully saturated rings. The maximum absolute atomic E-state index is 5.68. The van der Waals surface area contributed by atoms with Crippen LogP contribution < -0.4 is 11.5 Å². The molecule has 1 heterocycles. The van der Waals surface area contributed by atoms with Crippen molar-refractivity contribution in [3.63, 3.8) is 0 Å². The van der Waals surface area contributed by atoms with Crippen LogP contribution in [0, 0.1) is 0 Å². The first-order valence-electron chi connectivity index (χ1n) is 3.18. The van der Waals surface area contributed by atoms with Crippen LogP contribution in [0.1, 0.15) is 0 Å². The number of aromatic nitrogens is 1. The van der Waals surface area contributed by atoms with Gasteiger partial charge in [0.25, 0.3) is 0 Å². The van der Waals surface area contributed by atoms with Crippen molar-refractivity contribution in [2.45, 2.75) is 0 Å². The number of fused-ring (bicyclic) bond motifs is 1. The van der Waals surface area contributed by atoms with Gasteiger partial charge in [-0.3, -0.25) is 0 Å². The number of thiazole rings is 1. The topological polar surface area (TPSA) is 64.9 Å². The summed E-state index contributed by atoms with van der Waals surface area (Å²) in [6.07, 6.45) is 0. The zero-order valence-electron chi connectivity index (χ0n) is 5.74. The molecular formula is C7H7N3S. The number of nitrogen functional groups attached to an aromatic ring is 2. The molecular weight excluding hydrogens is 158 g/mol. The summed E-state index contributed by atoms with van der Waals surface area (Å²) in [4.78, 5) is 4.09. The second kappa shape index (κ2) is 2.10. The van der Waals surface area contributed by atoms with Crippen molar-refractivity contribution in [3.05, 3.63) is 18.2 Å². The van der Waals surface area contributed by atoms with Gasteiger partial charge < -0.3 is 11.5 Å². The Balaban J connectivity index is 2.90. The minimum absolute atomic E-state index is 0.568. The van der Waals surface area contributed by atoms with Crippen LogP contribution in [0.15, 0.2) is 18.2 Å². The van der Waals surface area contributed by atoms with Crippen molar-refractivity contribution in [1.82, 2.24) is 4.98 Å². The third-order valence-electron chi connectivity index (χ3n) is 1.46. The first-order valence-corrected chi connectivity index (χ1v) is 3.99. The molecule has 2 rings (SSSR count). The molecule has 0 unspecified atom stereocenters. The van der Waals surface area contributed by atoms with E-state index in [-0.39, 0.29) is 0 Å². The molecule has 2 aromatic rings. The summed E-state index contributed by atoms with van der Waals surface area (Å²) in [7, 11) is 0. The Morgan fingerprint density at radius 2 is 2.09 bits per heavy atom. The minimum Gasteiger partial charge on any atom is -0.398 e. The number of benzene rings is 1. The maximum atomic E-state index is 5.68. The lowest BCUT2D eigenvalue weighted by molar-refractivity contribution is 1.50. The standard InChI is InChI=1S/C7H7N3S/c8-4-2-1-3-5-6(4)11-7(9)10-5/h1-3H,8H2,(H2,9,10). The molecule has 0 amide bonds. The van der Waals surface area contributed by atoms with Crippen molar-refractivity contribution in [2.75, 3.05) is 11.5 Å². The first kappa shape index (κ1) is 6.42. The van der Waals surface area contributed by atoms with E-state index >= 15 is 0 Å². The number of nitrogens with two attached hydrogens (primary N) is 2. The van der Waals surface area contributed by atoms with Crippen molar-refractivity contribution in [2.24, 2.45) is 0 Å². The highest BCUT2D eigenvalue weighted by atomic mass is 32.1. The van der Waals surface area contributed by atoms with Gasteiger partial charge in [0.15, 0.2) is 5.13 Å². The Morgan fingerprint density at radius 3 is 2.82 bits per heavy atom. The van der Waals surface area contributed by atoms with Crippen molar-refractivity contribution >= 4 is 32.4 Å². The summed E-state index contributed by atoms with van der Waals surface area (Å²) in [6.45, 7) is 0. The minimum atomic E-state index is 0.568. The van der Waals surface area contributed by atoms with Crippen LogP contribution in [0.4, 0.5) is 10.8 Å². The van der Waals surface area contributed by atoms with E-state index < -0.39 is 0 Å². The van der Waals surface area contributed by atoms with Crippen LogP contribution in [-0.2, 0) is 0 Å². The molecule has 1 aromatic carbocycles. The summed E-state index contributed by atoms with van der Waals surface area (Å²) in [5.74, 6) is 0. The lowest BCUT2D eigenvalue weighted by Gasteiger charge is -1.90. The molecule has 0 aliphatic heterocycles. The van der Waals surface area contributed by atoms with E-state index in [2.05, 4.69) is 4.98 Å². The molecule has 1 aromatic heterocycles. The van der Waals surface area contributed by atoms with Crippen LogP contribution in [0.5, 0.6) is 0 Å². The van der Waals surface area contributed by atoms with Crippen LogP contribution in [-0.4, -0.2) is 4.98 Å². The van der Waals surface area contributed by atoms with Gasteiger partial charge in [-0.1, -0.05) is 17.4 Å². The average molecular weight is 165 g/mol. The molecule has 0 aliphatic rings. The van der Waals surface area contributed by atoms with E-state index in [1.54, 1.807) is 0 Å². The number of nitrogens with zero attached hydrogens (tertiary/aromatic N) is 1. The summed E-state index contributed by atoms with van der Waals surface area (Å²) in [5.41, 5.74) is 12.8. The molecule has 0 atom stereocenters. The lowest BCUT2D eigenvalue weighted by atomic mass is 10.3. The quantitative estimate of drug-likeness (QED) is 0.581. The van der Waals surface area contributed by atoms with E-state index in [1.165, 1.54) is 11.3 Å². The average Bonchev–Trinajstić information content (AvgIpc) is 2.31. The zero-order valence-corrected chi connectivity index (χ0v) is 6.56. The van der Waals surface area contributed by atoms with Gasteiger partial charge >= 0.3 is 0 Å². The molecule has 0 bridgehead atoms. The lowest BCUT2D eigenvalue weighted by Crippen LogP contribution is -1.82. The molecule has 4 heteroatoms. The van der Waals surface area contributed by atoms with Gasteiger partial charge in [0.2, 0.25) is 0 Å². The summed E-state index contributed by atoms with van der Waals surface area (Å²) < 4.78 is 0.977. The zero-order chi connectivity index (χ0) is 7.84. The Hall–Kier alpha value is -1.29. The molecule has 0 spiro atoms. The normalized spacial score (nSPS) is 10.5. The second-order valence-corrected chi connectivity index (χ2v) is 3.28. The highest BCUT2D eigenvalue weighted by molar-refractivity contribution is 7.22. The predicted octanol–water partition coefficient (Wildman–Crippen LogP) is 1.46. The van der Waals surface area contributed by atoms with Crippen molar-refractivity contribution in [1.29, 1.82) is 0 Å². The maximum Gasteiger partial charge on any atom is 0.181 e. The summed E-state index contributed by atoms with van der Waals surface area (Å²) in [5, 5.41) is 0.568. The van der Waals surface area contributed by atoms with Gasteiger partial charge in [-0.2, -0.15) is 0 Å². The van der Waals surface area contributed by atoms with Crippen molar-refractivity contribution < 1.29 is 0 Å². The number of anilines is 2. The van der Waals surface area contributed by atoms with E-state index in [0.29, 0.717) is 5.13 Å². The second-order valence-electron chi connectivity index (χ2n) is 2.25. The van der Waals surface area contributed by atoms with Gasteiger partial charge in [0.05, 0.1) is 15.9 Å². The predicted molar refractivity (Wildman–Crippen MR) is 48.4 cm³/mol. The first-order chi connectivity index (χ1) is 5.27. The molecule has 56 valence electrons. The third kappa shape index (κ3) is 0.914. The van der Waals surface area contributed by atoms with Crippen LogP contribution in [0.25, 0.3) is 10.2 Å². The Kier molecular flexibility index (Phi) is 1.22. The van der Waals surface area contributed by atoms with Gasteiger partial charge in [-0.15, -0.1) is 0 Å². The van der Waals surface area contributed by atoms with Gasteiger partial charge in [0.1, 0.15) is 0 Å². The number of hydrogen-bond donors (Lipinski definition) is 2. The highest BCUT2D eigenvalue weighted by Gasteiger charge is 2.01. The highest BCUT2D eigenvalue weighted by Crippen LogP contribution is 2.28. The van der Waals surface area contributed by atoms with Crippen molar-refractivity contribution in [3.8, 4) is 0 Å². The van der Waals surface area contributed by atoms with E-state index in [1.807, 2.05) is 18.2 Å². The monoisotopic (exact) mass is 165 g/mol. The molecule has 0 saturated heterocycles. The Bertz CT molecular complexity index is 393. The van der Waals surface area contributed by atoms with Gasteiger partial charge in [0, 0.05) is 0 Å². The van der Waals surface area contributed by atoms with E-state index in [4.69, 9.17) is 11.5 Å². The molecule has 4 N–H and O–H groups in total. The van der Waals surface area contributed by atoms with Gasteiger partial charge in [-0.25, -0.2) is 4.98 Å². The Labute approximate surface area is 67.7 Å². The molecule has 0 radical (unpaired) electrons. The fraction of sp³-hybridized carbons (Fsp3) is 0. The van der Waals surface area contributed by atoms with Crippen LogP contribution >= 0.6 is 11.3 Å². The summed E-state index contributed by atoms with van der Waals surface area (Å²) >= 11 is 1.42. The fourth-order valence-corrected chi connectivity index (χ4v) is 1.74. The SMILES string of the molecule is Nc1nc2cccc(N)c2s1. The largest absolute Gasteiger partial charge is 0.398 e. The van der Waals surface area contributed by atoms with E-state index in [9.17, 15) is 0 Å². The summed E-state index contributed by atoms with van der Waals surface area (Å²) in [6, 6.07) is 5.62. The Morgan fingerprint density at radius 1 is 1.27 bits per heavy atom. The third-order valence-corrected chi connectivity index (χ3v) is 2.41. The smallest absolute Gasteiger partial charge is 0.181 e. The van der Waals surface area contributed by atoms with E-state index in [0.717, 1.165) is 15.9 Å². The van der Waals surface area contributed by atoms with Crippen LogP contribution in [0.3, 0.4) is 0 Å². The molecule has 0 saturated carbocycles. The fourth-order valence-electron chi connectivity index (χ4n) is 0.988. The molecule has 3 nitrogen and oxygen atoms in total. The molecule has 0 aliphatic carbocycles. The van der Waals surface area contributed by atoms with Crippen LogP contribution in [0.2, 0.25) is 0 Å². The van der Waals surface area contributed by atoms with Gasteiger partial charge in [-0.05, 0) is 12.1 Å². The number of hydrogen-bond acceptors (Lipinski definition) is 4. The number of rotatable bonds is 0. The molecule has 11 heavy (non-hydrogen) atoms.